The third-order valence-corrected chi connectivity index (χ3v) is 3.79. The summed E-state index contributed by atoms with van der Waals surface area (Å²) < 4.78 is 13.5. The molecule has 1 saturated heterocycles. The van der Waals surface area contributed by atoms with Crippen molar-refractivity contribution >= 4 is 28.5 Å². The summed E-state index contributed by atoms with van der Waals surface area (Å²) in [7, 11) is 0. The van der Waals surface area contributed by atoms with Gasteiger partial charge >= 0.3 is 0 Å². The minimum atomic E-state index is -0.643. The molecule has 0 bridgehead atoms. The number of carbonyl (C=O) groups is 2. The van der Waals surface area contributed by atoms with Crippen molar-refractivity contribution in [1.29, 1.82) is 5.26 Å². The Morgan fingerprint density at radius 3 is 2.89 bits per heavy atom. The van der Waals surface area contributed by atoms with Gasteiger partial charge in [0.15, 0.2) is 5.12 Å². The van der Waals surface area contributed by atoms with E-state index in [0.717, 1.165) is 11.8 Å². The predicted octanol–water partition coefficient (Wildman–Crippen LogP) is 2.08. The molecular formula is C13H11FN2O2S. The number of anilines is 1. The zero-order valence-electron chi connectivity index (χ0n) is 10.2. The van der Waals surface area contributed by atoms with E-state index in [1.807, 2.05) is 0 Å². The van der Waals surface area contributed by atoms with Crippen molar-refractivity contribution in [3.63, 3.8) is 0 Å². The smallest absolute Gasteiger partial charge is 0.228 e. The van der Waals surface area contributed by atoms with Gasteiger partial charge in [0.1, 0.15) is 11.9 Å². The van der Waals surface area contributed by atoms with Gasteiger partial charge in [-0.25, -0.2) is 4.39 Å². The molecule has 1 heterocycles. The van der Waals surface area contributed by atoms with Crippen molar-refractivity contribution < 1.29 is 14.0 Å². The number of nitrogens with zero attached hydrogens (tertiary/aromatic N) is 2. The SMILES string of the molecule is CC(=O)SC1CC(=O)N(c2ccc(C#N)c(F)c2)C1. The lowest BCUT2D eigenvalue weighted by molar-refractivity contribution is -0.117. The predicted molar refractivity (Wildman–Crippen MR) is 70.1 cm³/mol. The maximum Gasteiger partial charge on any atom is 0.228 e. The molecule has 0 radical (unpaired) electrons. The molecule has 1 atom stereocenters. The van der Waals surface area contributed by atoms with Crippen molar-refractivity contribution in [2.24, 2.45) is 0 Å². The highest BCUT2D eigenvalue weighted by Gasteiger charge is 2.32. The van der Waals surface area contributed by atoms with Crippen LogP contribution in [-0.2, 0) is 9.59 Å². The highest BCUT2D eigenvalue weighted by Crippen LogP contribution is 2.29. The molecule has 19 heavy (non-hydrogen) atoms. The zero-order chi connectivity index (χ0) is 14.0. The molecule has 4 nitrogen and oxygen atoms in total. The van der Waals surface area contributed by atoms with Crippen LogP contribution < -0.4 is 4.90 Å². The number of carbonyl (C=O) groups excluding carboxylic acids is 2. The van der Waals surface area contributed by atoms with Gasteiger partial charge < -0.3 is 4.90 Å². The highest BCUT2D eigenvalue weighted by atomic mass is 32.2. The van der Waals surface area contributed by atoms with Crippen LogP contribution in [0.4, 0.5) is 10.1 Å². The van der Waals surface area contributed by atoms with Crippen molar-refractivity contribution in [3.05, 3.63) is 29.6 Å². The van der Waals surface area contributed by atoms with Gasteiger partial charge in [0.2, 0.25) is 5.91 Å². The Kier molecular flexibility index (Phi) is 3.86. The van der Waals surface area contributed by atoms with Crippen LogP contribution in [0.3, 0.4) is 0 Å². The summed E-state index contributed by atoms with van der Waals surface area (Å²) in [5, 5.41) is 8.53. The lowest BCUT2D eigenvalue weighted by atomic mass is 10.2. The standard InChI is InChI=1S/C13H11FN2O2S/c1-8(17)19-11-5-13(18)16(7-11)10-3-2-9(6-15)12(14)4-10/h2-4,11H,5,7H2,1H3. The summed E-state index contributed by atoms with van der Waals surface area (Å²) in [6.07, 6.45) is 0.270. The van der Waals surface area contributed by atoms with Gasteiger partial charge in [0, 0.05) is 30.8 Å². The van der Waals surface area contributed by atoms with Crippen molar-refractivity contribution in [2.45, 2.75) is 18.6 Å². The quantitative estimate of drug-likeness (QED) is 0.831. The molecule has 0 N–H and O–H groups in total. The minimum Gasteiger partial charge on any atom is -0.311 e. The largest absolute Gasteiger partial charge is 0.311 e. The fourth-order valence-corrected chi connectivity index (χ4v) is 2.92. The van der Waals surface area contributed by atoms with Crippen molar-refractivity contribution in [3.8, 4) is 6.07 Å². The van der Waals surface area contributed by atoms with Gasteiger partial charge in [0.05, 0.1) is 5.56 Å². The molecule has 0 aliphatic carbocycles. The Morgan fingerprint density at radius 2 is 2.32 bits per heavy atom. The van der Waals surface area contributed by atoms with Crippen LogP contribution in [0.5, 0.6) is 0 Å². The van der Waals surface area contributed by atoms with Crippen LogP contribution in [0.2, 0.25) is 0 Å². The number of halogens is 1. The Bertz CT molecular complexity index is 582. The maximum absolute atomic E-state index is 13.5. The molecule has 1 aliphatic rings. The summed E-state index contributed by atoms with van der Waals surface area (Å²) in [4.78, 5) is 24.3. The average Bonchev–Trinajstić information content (AvgIpc) is 2.69. The Labute approximate surface area is 114 Å². The number of hydrogen-bond donors (Lipinski definition) is 0. The second-order valence-electron chi connectivity index (χ2n) is 4.22. The van der Waals surface area contributed by atoms with Gasteiger partial charge in [-0.1, -0.05) is 11.8 Å². The minimum absolute atomic E-state index is 0.0364. The van der Waals surface area contributed by atoms with Gasteiger partial charge in [-0.2, -0.15) is 5.26 Å². The summed E-state index contributed by atoms with van der Waals surface area (Å²) in [6.45, 7) is 1.84. The summed E-state index contributed by atoms with van der Waals surface area (Å²) in [5.74, 6) is -0.779. The van der Waals surface area contributed by atoms with Crippen LogP contribution in [0.1, 0.15) is 18.9 Å². The number of thioether (sulfide) groups is 1. The van der Waals surface area contributed by atoms with Crippen LogP contribution in [0, 0.1) is 17.1 Å². The molecular weight excluding hydrogens is 267 g/mol. The van der Waals surface area contributed by atoms with Crippen LogP contribution in [0.15, 0.2) is 18.2 Å². The molecule has 1 unspecified atom stereocenters. The van der Waals surface area contributed by atoms with Gasteiger partial charge in [0.25, 0.3) is 0 Å². The van der Waals surface area contributed by atoms with Crippen molar-refractivity contribution in [2.75, 3.05) is 11.4 Å². The van der Waals surface area contributed by atoms with E-state index >= 15 is 0 Å². The average molecular weight is 278 g/mol. The zero-order valence-corrected chi connectivity index (χ0v) is 11.0. The van der Waals surface area contributed by atoms with Gasteiger partial charge in [-0.05, 0) is 18.2 Å². The monoisotopic (exact) mass is 278 g/mol. The fourth-order valence-electron chi connectivity index (χ4n) is 2.00. The molecule has 0 aromatic heterocycles. The summed E-state index contributed by atoms with van der Waals surface area (Å²) in [6, 6.07) is 5.80. The fraction of sp³-hybridized carbons (Fsp3) is 0.308. The Hall–Kier alpha value is -1.87. The first kappa shape index (κ1) is 13.6. The third kappa shape index (κ3) is 2.93. The van der Waals surface area contributed by atoms with E-state index in [1.54, 1.807) is 12.1 Å². The van der Waals surface area contributed by atoms with E-state index in [9.17, 15) is 14.0 Å². The van der Waals surface area contributed by atoms with E-state index < -0.39 is 5.82 Å². The van der Waals surface area contributed by atoms with E-state index in [1.165, 1.54) is 24.0 Å². The van der Waals surface area contributed by atoms with E-state index in [4.69, 9.17) is 5.26 Å². The second-order valence-corrected chi connectivity index (χ2v) is 5.69. The molecule has 1 aliphatic heterocycles. The first-order valence-corrected chi connectivity index (χ1v) is 6.56. The number of hydrogen-bond acceptors (Lipinski definition) is 4. The second kappa shape index (κ2) is 5.41. The molecule has 2 rings (SSSR count). The third-order valence-electron chi connectivity index (χ3n) is 2.81. The van der Waals surface area contributed by atoms with Gasteiger partial charge in [-0.3, -0.25) is 9.59 Å². The molecule has 98 valence electrons. The molecule has 1 fully saturated rings. The molecule has 1 aromatic carbocycles. The Balaban J connectivity index is 2.19. The molecule has 0 saturated carbocycles. The number of benzene rings is 1. The van der Waals surface area contributed by atoms with Crippen LogP contribution in [0.25, 0.3) is 0 Å². The van der Waals surface area contributed by atoms with E-state index in [-0.39, 0.29) is 28.3 Å². The maximum atomic E-state index is 13.5. The summed E-state index contributed by atoms with van der Waals surface area (Å²) in [5.41, 5.74) is 0.373. The number of nitriles is 1. The first-order valence-electron chi connectivity index (χ1n) is 5.68. The molecule has 6 heteroatoms. The Morgan fingerprint density at radius 1 is 1.58 bits per heavy atom. The van der Waals surface area contributed by atoms with E-state index in [2.05, 4.69) is 0 Å². The highest BCUT2D eigenvalue weighted by molar-refractivity contribution is 8.14. The lowest BCUT2D eigenvalue weighted by Gasteiger charge is -2.16. The molecule has 1 aromatic rings. The number of amides is 1. The van der Waals surface area contributed by atoms with Crippen LogP contribution >= 0.6 is 11.8 Å². The number of rotatable bonds is 2. The topological polar surface area (TPSA) is 61.2 Å². The molecule has 1 amide bonds. The van der Waals surface area contributed by atoms with Crippen LogP contribution in [-0.4, -0.2) is 22.8 Å². The molecule has 0 spiro atoms. The van der Waals surface area contributed by atoms with Gasteiger partial charge in [-0.15, -0.1) is 0 Å². The normalized spacial score (nSPS) is 18.5. The first-order chi connectivity index (χ1) is 9.01. The van der Waals surface area contributed by atoms with E-state index in [0.29, 0.717) is 12.2 Å². The summed E-state index contributed by atoms with van der Waals surface area (Å²) >= 11 is 1.13. The van der Waals surface area contributed by atoms with Crippen molar-refractivity contribution in [1.82, 2.24) is 0 Å². The lowest BCUT2D eigenvalue weighted by Crippen LogP contribution is -2.25.